The summed E-state index contributed by atoms with van der Waals surface area (Å²) < 4.78 is 0. The minimum atomic E-state index is 0.152. The first kappa shape index (κ1) is 12.9. The molecule has 0 bridgehead atoms. The highest BCUT2D eigenvalue weighted by Crippen LogP contribution is 2.48. The lowest BCUT2D eigenvalue weighted by Gasteiger charge is -2.17. The number of pyridine rings is 1. The molecule has 20 heavy (non-hydrogen) atoms. The van der Waals surface area contributed by atoms with Crippen LogP contribution in [0.15, 0.2) is 54.9 Å². The second-order valence-electron chi connectivity index (χ2n) is 5.41. The van der Waals surface area contributed by atoms with Crippen molar-refractivity contribution in [2.45, 2.75) is 18.9 Å². The number of carbonyl (C=O) groups excluding carboxylic acids is 1. The van der Waals surface area contributed by atoms with Gasteiger partial charge in [-0.2, -0.15) is 0 Å². The molecule has 2 atom stereocenters. The highest BCUT2D eigenvalue weighted by Gasteiger charge is 2.44. The Morgan fingerprint density at radius 3 is 2.75 bits per heavy atom. The molecule has 0 aliphatic heterocycles. The van der Waals surface area contributed by atoms with Crippen LogP contribution in [-0.2, 0) is 11.3 Å². The lowest BCUT2D eigenvalue weighted by atomic mass is 10.1. The minimum Gasteiger partial charge on any atom is -0.341 e. The topological polar surface area (TPSA) is 33.2 Å². The minimum absolute atomic E-state index is 0.152. The SMILES string of the molecule is CN(Cc1cccnc1)C(=O)C1CC1c1ccccc1. The predicted molar refractivity (Wildman–Crippen MR) is 78.0 cm³/mol. The van der Waals surface area contributed by atoms with Gasteiger partial charge in [-0.05, 0) is 29.5 Å². The second-order valence-corrected chi connectivity index (χ2v) is 5.41. The van der Waals surface area contributed by atoms with Gasteiger partial charge in [0.05, 0.1) is 0 Å². The summed E-state index contributed by atoms with van der Waals surface area (Å²) in [4.78, 5) is 18.3. The van der Waals surface area contributed by atoms with Crippen molar-refractivity contribution in [3.05, 3.63) is 66.0 Å². The molecule has 3 heteroatoms. The average Bonchev–Trinajstić information content (AvgIpc) is 3.29. The summed E-state index contributed by atoms with van der Waals surface area (Å²) in [6.45, 7) is 0.630. The van der Waals surface area contributed by atoms with E-state index >= 15 is 0 Å². The van der Waals surface area contributed by atoms with Gasteiger partial charge in [0, 0.05) is 31.9 Å². The Morgan fingerprint density at radius 2 is 2.05 bits per heavy atom. The molecular weight excluding hydrogens is 248 g/mol. The molecule has 1 aliphatic rings. The van der Waals surface area contributed by atoms with E-state index in [9.17, 15) is 4.79 Å². The smallest absolute Gasteiger partial charge is 0.226 e. The van der Waals surface area contributed by atoms with Gasteiger partial charge < -0.3 is 4.90 Å². The average molecular weight is 266 g/mol. The fraction of sp³-hybridized carbons (Fsp3) is 0.294. The number of nitrogens with zero attached hydrogens (tertiary/aromatic N) is 2. The number of aromatic nitrogens is 1. The van der Waals surface area contributed by atoms with Crippen molar-refractivity contribution < 1.29 is 4.79 Å². The zero-order chi connectivity index (χ0) is 13.9. The maximum Gasteiger partial charge on any atom is 0.226 e. The predicted octanol–water partition coefficient (Wildman–Crippen LogP) is 2.84. The molecule has 1 aliphatic carbocycles. The van der Waals surface area contributed by atoms with Gasteiger partial charge in [-0.25, -0.2) is 0 Å². The summed E-state index contributed by atoms with van der Waals surface area (Å²) in [5, 5.41) is 0. The monoisotopic (exact) mass is 266 g/mol. The zero-order valence-corrected chi connectivity index (χ0v) is 11.6. The van der Waals surface area contributed by atoms with Crippen LogP contribution in [0.3, 0.4) is 0 Å². The number of amides is 1. The van der Waals surface area contributed by atoms with E-state index in [2.05, 4.69) is 17.1 Å². The molecule has 0 saturated heterocycles. The maximum absolute atomic E-state index is 12.4. The molecular formula is C17H18N2O. The van der Waals surface area contributed by atoms with Crippen LogP contribution in [0, 0.1) is 5.92 Å². The highest BCUT2D eigenvalue weighted by molar-refractivity contribution is 5.82. The molecule has 1 fully saturated rings. The van der Waals surface area contributed by atoms with Gasteiger partial charge in [-0.3, -0.25) is 9.78 Å². The van der Waals surface area contributed by atoms with Crippen molar-refractivity contribution in [2.75, 3.05) is 7.05 Å². The molecule has 1 aromatic carbocycles. The molecule has 0 spiro atoms. The third-order valence-corrected chi connectivity index (χ3v) is 3.85. The third kappa shape index (κ3) is 2.72. The molecule has 1 heterocycles. The largest absolute Gasteiger partial charge is 0.341 e. The number of benzene rings is 1. The summed E-state index contributed by atoms with van der Waals surface area (Å²) in [7, 11) is 1.87. The maximum atomic E-state index is 12.4. The van der Waals surface area contributed by atoms with Gasteiger partial charge in [0.15, 0.2) is 0 Å². The molecule has 3 nitrogen and oxygen atoms in total. The molecule has 0 radical (unpaired) electrons. The van der Waals surface area contributed by atoms with Crippen molar-refractivity contribution in [1.82, 2.24) is 9.88 Å². The summed E-state index contributed by atoms with van der Waals surface area (Å²) >= 11 is 0. The molecule has 1 saturated carbocycles. The van der Waals surface area contributed by atoms with Gasteiger partial charge in [0.2, 0.25) is 5.91 Å². The Bertz CT molecular complexity index is 578. The van der Waals surface area contributed by atoms with Crippen molar-refractivity contribution in [3.8, 4) is 0 Å². The Hall–Kier alpha value is -2.16. The van der Waals surface area contributed by atoms with Crippen LogP contribution in [0.25, 0.3) is 0 Å². The molecule has 1 aromatic heterocycles. The standard InChI is InChI=1S/C17H18N2O/c1-19(12-13-6-5-9-18-11-13)17(20)16-10-15(16)14-7-3-2-4-8-14/h2-9,11,15-16H,10,12H2,1H3. The van der Waals surface area contributed by atoms with E-state index in [1.807, 2.05) is 48.5 Å². The summed E-state index contributed by atoms with van der Waals surface area (Å²) in [5.74, 6) is 0.793. The lowest BCUT2D eigenvalue weighted by molar-refractivity contribution is -0.131. The second kappa shape index (κ2) is 5.45. The van der Waals surface area contributed by atoms with Crippen molar-refractivity contribution >= 4 is 5.91 Å². The van der Waals surface area contributed by atoms with Crippen LogP contribution in [-0.4, -0.2) is 22.8 Å². The van der Waals surface area contributed by atoms with Crippen molar-refractivity contribution in [3.63, 3.8) is 0 Å². The first-order valence-electron chi connectivity index (χ1n) is 6.94. The number of hydrogen-bond acceptors (Lipinski definition) is 2. The van der Waals surface area contributed by atoms with Crippen LogP contribution >= 0.6 is 0 Å². The quantitative estimate of drug-likeness (QED) is 0.852. The van der Waals surface area contributed by atoms with Crippen LogP contribution in [0.2, 0.25) is 0 Å². The van der Waals surface area contributed by atoms with Gasteiger partial charge >= 0.3 is 0 Å². The summed E-state index contributed by atoms with van der Waals surface area (Å²) in [5.41, 5.74) is 2.35. The van der Waals surface area contributed by atoms with E-state index in [0.29, 0.717) is 12.5 Å². The van der Waals surface area contributed by atoms with Gasteiger partial charge in [0.25, 0.3) is 0 Å². The van der Waals surface area contributed by atoms with E-state index in [1.54, 1.807) is 6.20 Å². The van der Waals surface area contributed by atoms with Crippen LogP contribution in [0.1, 0.15) is 23.5 Å². The van der Waals surface area contributed by atoms with Crippen LogP contribution in [0.5, 0.6) is 0 Å². The number of rotatable bonds is 4. The molecule has 2 aromatic rings. The van der Waals surface area contributed by atoms with Gasteiger partial charge in [-0.15, -0.1) is 0 Å². The summed E-state index contributed by atoms with van der Waals surface area (Å²) in [6.07, 6.45) is 4.53. The summed E-state index contributed by atoms with van der Waals surface area (Å²) in [6, 6.07) is 14.2. The first-order valence-corrected chi connectivity index (χ1v) is 6.94. The van der Waals surface area contributed by atoms with E-state index in [4.69, 9.17) is 0 Å². The van der Waals surface area contributed by atoms with Gasteiger partial charge in [-0.1, -0.05) is 36.4 Å². The highest BCUT2D eigenvalue weighted by atomic mass is 16.2. The fourth-order valence-corrected chi connectivity index (χ4v) is 2.66. The molecule has 3 rings (SSSR count). The fourth-order valence-electron chi connectivity index (χ4n) is 2.66. The van der Waals surface area contributed by atoms with Crippen molar-refractivity contribution in [1.29, 1.82) is 0 Å². The van der Waals surface area contributed by atoms with Gasteiger partial charge in [0.1, 0.15) is 0 Å². The molecule has 0 N–H and O–H groups in total. The number of hydrogen-bond donors (Lipinski definition) is 0. The Kier molecular flexibility index (Phi) is 3.50. The van der Waals surface area contributed by atoms with E-state index in [0.717, 1.165) is 12.0 Å². The Balaban J connectivity index is 1.60. The van der Waals surface area contributed by atoms with E-state index in [1.165, 1.54) is 5.56 Å². The first-order chi connectivity index (χ1) is 9.75. The van der Waals surface area contributed by atoms with Crippen LogP contribution in [0.4, 0.5) is 0 Å². The van der Waals surface area contributed by atoms with E-state index < -0.39 is 0 Å². The Labute approximate surface area is 119 Å². The van der Waals surface area contributed by atoms with E-state index in [-0.39, 0.29) is 11.8 Å². The molecule has 102 valence electrons. The lowest BCUT2D eigenvalue weighted by Crippen LogP contribution is -2.28. The molecule has 1 amide bonds. The third-order valence-electron chi connectivity index (χ3n) is 3.85. The number of carbonyl (C=O) groups is 1. The van der Waals surface area contributed by atoms with Crippen molar-refractivity contribution in [2.24, 2.45) is 5.92 Å². The van der Waals surface area contributed by atoms with Crippen LogP contribution < -0.4 is 0 Å². The molecule has 2 unspecified atom stereocenters. The normalized spacial score (nSPS) is 20.4. The Morgan fingerprint density at radius 1 is 1.25 bits per heavy atom. The zero-order valence-electron chi connectivity index (χ0n) is 11.6.